The topological polar surface area (TPSA) is 112 Å². The normalized spacial score (nSPS) is 15.2. The zero-order chi connectivity index (χ0) is 42.8. The number of ether oxygens (including phenoxy) is 2. The molecule has 0 aliphatic rings. The molecule has 0 heterocycles. The molecule has 0 fully saturated rings. The van der Waals surface area contributed by atoms with Gasteiger partial charge in [0, 0.05) is 6.42 Å². The van der Waals surface area contributed by atoms with Gasteiger partial charge in [0.1, 0.15) is 19.8 Å². The van der Waals surface area contributed by atoms with Crippen molar-refractivity contribution in [2.45, 2.75) is 154 Å². The van der Waals surface area contributed by atoms with E-state index in [2.05, 4.69) is 74.6 Å². The number of aliphatic hydroxyl groups is 1. The average molecular weight is 833 g/mol. The van der Waals surface area contributed by atoms with Crippen LogP contribution in [0.15, 0.2) is 97.4 Å². The molecule has 0 aromatic heterocycles. The number of phosphoric ester groups is 1. The van der Waals surface area contributed by atoms with E-state index in [1.165, 1.54) is 64.0 Å². The third-order valence-corrected chi connectivity index (χ3v) is 9.82. The van der Waals surface area contributed by atoms with E-state index in [1.807, 2.05) is 39.4 Å². The highest BCUT2D eigenvalue weighted by atomic mass is 31.2. The number of rotatable bonds is 39. The molecule has 0 saturated heterocycles. The minimum absolute atomic E-state index is 0.00215. The van der Waals surface area contributed by atoms with Gasteiger partial charge in [0.05, 0.1) is 40.1 Å². The lowest BCUT2D eigenvalue weighted by atomic mass is 10.1. The number of nitrogens with zero attached hydrogens (tertiary/aromatic N) is 1. The number of phosphoric acid groups is 1. The molecule has 0 radical (unpaired) electrons. The van der Waals surface area contributed by atoms with Crippen LogP contribution < -0.4 is 0 Å². The number of quaternary nitrogens is 1. The zero-order valence-electron chi connectivity index (χ0n) is 37.1. The fourth-order valence-electron chi connectivity index (χ4n) is 5.29. The van der Waals surface area contributed by atoms with E-state index < -0.39 is 26.0 Å². The molecule has 0 aliphatic heterocycles. The molecule has 0 aliphatic carbocycles. The van der Waals surface area contributed by atoms with Crippen molar-refractivity contribution < 1.29 is 42.4 Å². The van der Waals surface area contributed by atoms with Crippen LogP contribution in [0.5, 0.6) is 0 Å². The standard InChI is InChI=1S/C48H82NO8P/c1-6-8-10-12-14-16-18-20-22-24-26-28-30-32-34-36-38-46(50)39-40-48(51)55-44-47(45-57-58(52,53)56-43-41-49(3,4)5)54-42-37-35-33-31-29-27-25-23-21-19-17-15-13-11-9-7-2/h8,10,14,16,20-23,26,28,32,34,36-38,42,46-47,50H,6-7,9,11-13,15,17-19,24-25,27,29-31,33,35,39-41,43-45H2,1-5H3/p+1/b10-8-,16-14-,22-20-,23-21-,28-26-,34-32-,38-36-,42-37+/t46?,47-/m1/s1. The van der Waals surface area contributed by atoms with Crippen LogP contribution in [0.2, 0.25) is 0 Å². The molecule has 332 valence electrons. The number of carbonyl (C=O) groups excluding carboxylic acids is 1. The van der Waals surface area contributed by atoms with Crippen molar-refractivity contribution >= 4 is 13.8 Å². The highest BCUT2D eigenvalue weighted by Crippen LogP contribution is 2.43. The molecular formula is C48H83NO8P+. The van der Waals surface area contributed by atoms with Crippen molar-refractivity contribution in [3.8, 4) is 0 Å². The third-order valence-electron chi connectivity index (χ3n) is 8.84. The maximum absolute atomic E-state index is 12.5. The number of esters is 1. The number of likely N-dealkylation sites (N-methyl/N-ethyl adjacent to an activating group) is 1. The SMILES string of the molecule is CC/C=C\C/C=C\C/C=C\C/C=C\C/C=C\C=C/C(O)CCC(=O)OC[C@H](COP(=O)(O)OCC[N+](C)(C)C)O/C=C/CCCCCC/C=C\CCCCCCCC. The number of hydrogen-bond donors (Lipinski definition) is 2. The van der Waals surface area contributed by atoms with Gasteiger partial charge in [0.25, 0.3) is 0 Å². The smallest absolute Gasteiger partial charge is 0.472 e. The summed E-state index contributed by atoms with van der Waals surface area (Å²) >= 11 is 0. The first-order valence-corrected chi connectivity index (χ1v) is 23.6. The predicted octanol–water partition coefficient (Wildman–Crippen LogP) is 12.4. The number of aliphatic hydroxyl groups excluding tert-OH is 1. The summed E-state index contributed by atoms with van der Waals surface area (Å²) in [6.07, 6.45) is 51.6. The quantitative estimate of drug-likeness (QED) is 0.0120. The molecule has 0 spiro atoms. The number of allylic oxidation sites excluding steroid dienone is 14. The fourth-order valence-corrected chi connectivity index (χ4v) is 6.03. The van der Waals surface area contributed by atoms with Gasteiger partial charge < -0.3 is 24.0 Å². The van der Waals surface area contributed by atoms with Crippen LogP contribution in [0, 0.1) is 0 Å². The van der Waals surface area contributed by atoms with Crippen LogP contribution in [0.3, 0.4) is 0 Å². The Morgan fingerprint density at radius 3 is 1.76 bits per heavy atom. The van der Waals surface area contributed by atoms with Gasteiger partial charge in [0.15, 0.2) is 6.10 Å². The molecular weight excluding hydrogens is 750 g/mol. The molecule has 0 aromatic carbocycles. The summed E-state index contributed by atoms with van der Waals surface area (Å²) in [6, 6.07) is 0. The van der Waals surface area contributed by atoms with Gasteiger partial charge >= 0.3 is 13.8 Å². The van der Waals surface area contributed by atoms with E-state index in [0.717, 1.165) is 57.8 Å². The average Bonchev–Trinajstić information content (AvgIpc) is 3.18. The Kier molecular flexibility index (Phi) is 37.8. The minimum Gasteiger partial charge on any atom is -0.492 e. The second kappa shape index (κ2) is 39.7. The largest absolute Gasteiger partial charge is 0.492 e. The Morgan fingerprint density at radius 1 is 0.655 bits per heavy atom. The van der Waals surface area contributed by atoms with Crippen LogP contribution in [-0.2, 0) is 27.9 Å². The first-order chi connectivity index (χ1) is 28.0. The summed E-state index contributed by atoms with van der Waals surface area (Å²) in [7, 11) is 1.53. The Bertz CT molecular complexity index is 1260. The highest BCUT2D eigenvalue weighted by molar-refractivity contribution is 7.47. The third kappa shape index (κ3) is 42.8. The second-order valence-electron chi connectivity index (χ2n) is 15.6. The summed E-state index contributed by atoms with van der Waals surface area (Å²) in [5.74, 6) is -0.511. The number of unbranched alkanes of at least 4 members (excludes halogenated alkanes) is 11. The van der Waals surface area contributed by atoms with E-state index in [0.29, 0.717) is 11.0 Å². The second-order valence-corrected chi connectivity index (χ2v) is 17.1. The van der Waals surface area contributed by atoms with E-state index in [4.69, 9.17) is 18.5 Å². The predicted molar refractivity (Wildman–Crippen MR) is 243 cm³/mol. The summed E-state index contributed by atoms with van der Waals surface area (Å²) in [5.41, 5.74) is 0. The van der Waals surface area contributed by atoms with Crippen molar-refractivity contribution in [3.63, 3.8) is 0 Å². The van der Waals surface area contributed by atoms with Crippen LogP contribution in [-0.4, -0.2) is 80.2 Å². The Labute approximate surface area is 354 Å². The minimum atomic E-state index is -4.33. The molecule has 0 saturated carbocycles. The number of hydrogen-bond acceptors (Lipinski definition) is 7. The summed E-state index contributed by atoms with van der Waals surface area (Å²) in [5, 5.41) is 10.3. The molecule has 3 atom stereocenters. The van der Waals surface area contributed by atoms with E-state index in [-0.39, 0.29) is 32.7 Å². The number of carbonyl (C=O) groups is 1. The summed E-state index contributed by atoms with van der Waals surface area (Å²) in [6.45, 7) is 4.47. The van der Waals surface area contributed by atoms with Crippen molar-refractivity contribution in [2.75, 3.05) is 47.5 Å². The van der Waals surface area contributed by atoms with Crippen LogP contribution in [0.1, 0.15) is 142 Å². The lowest BCUT2D eigenvalue weighted by Crippen LogP contribution is -2.37. The first-order valence-electron chi connectivity index (χ1n) is 22.1. The van der Waals surface area contributed by atoms with Gasteiger partial charge in [-0.05, 0) is 83.1 Å². The van der Waals surface area contributed by atoms with E-state index in [9.17, 15) is 19.4 Å². The van der Waals surface area contributed by atoms with Crippen molar-refractivity contribution in [3.05, 3.63) is 97.4 Å². The molecule has 10 heteroatoms. The van der Waals surface area contributed by atoms with E-state index in [1.54, 1.807) is 12.2 Å². The van der Waals surface area contributed by atoms with Gasteiger partial charge in [-0.1, -0.05) is 144 Å². The zero-order valence-corrected chi connectivity index (χ0v) is 38.0. The monoisotopic (exact) mass is 833 g/mol. The fraction of sp³-hybridized carbons (Fsp3) is 0.646. The molecule has 9 nitrogen and oxygen atoms in total. The van der Waals surface area contributed by atoms with E-state index >= 15 is 0 Å². The Hall–Kier alpha value is -2.78. The van der Waals surface area contributed by atoms with Crippen LogP contribution in [0.4, 0.5) is 0 Å². The Balaban J connectivity index is 4.56. The first kappa shape index (κ1) is 55.2. The van der Waals surface area contributed by atoms with Crippen molar-refractivity contribution in [1.29, 1.82) is 0 Å². The molecule has 0 rings (SSSR count). The molecule has 0 bridgehead atoms. The van der Waals surface area contributed by atoms with Gasteiger partial charge in [-0.2, -0.15) is 0 Å². The van der Waals surface area contributed by atoms with Crippen LogP contribution >= 0.6 is 7.82 Å². The van der Waals surface area contributed by atoms with Crippen molar-refractivity contribution in [1.82, 2.24) is 0 Å². The lowest BCUT2D eigenvalue weighted by Gasteiger charge is -2.24. The molecule has 2 N–H and O–H groups in total. The van der Waals surface area contributed by atoms with Gasteiger partial charge in [0.2, 0.25) is 0 Å². The maximum Gasteiger partial charge on any atom is 0.472 e. The molecule has 0 amide bonds. The Morgan fingerprint density at radius 2 is 1.19 bits per heavy atom. The van der Waals surface area contributed by atoms with Gasteiger partial charge in [-0.25, -0.2) is 4.57 Å². The molecule has 58 heavy (non-hydrogen) atoms. The summed E-state index contributed by atoms with van der Waals surface area (Å²) in [4.78, 5) is 22.7. The molecule has 0 aromatic rings. The van der Waals surface area contributed by atoms with Crippen molar-refractivity contribution in [2.24, 2.45) is 0 Å². The maximum atomic E-state index is 12.5. The lowest BCUT2D eigenvalue weighted by molar-refractivity contribution is -0.870. The van der Waals surface area contributed by atoms with Crippen LogP contribution in [0.25, 0.3) is 0 Å². The summed E-state index contributed by atoms with van der Waals surface area (Å²) < 4.78 is 34.5. The molecule has 2 unspecified atom stereocenters. The van der Waals surface area contributed by atoms with Gasteiger partial charge in [-0.15, -0.1) is 0 Å². The van der Waals surface area contributed by atoms with Gasteiger partial charge in [-0.3, -0.25) is 13.8 Å². The highest BCUT2D eigenvalue weighted by Gasteiger charge is 2.25.